The van der Waals surface area contributed by atoms with Crippen molar-refractivity contribution < 1.29 is 13.2 Å². The Hall–Kier alpha value is -1.31. The average Bonchev–Trinajstić information content (AvgIpc) is 2.26. The van der Waals surface area contributed by atoms with E-state index in [0.29, 0.717) is 31.1 Å². The molecule has 1 aromatic rings. The summed E-state index contributed by atoms with van der Waals surface area (Å²) in [4.78, 5) is 2.09. The third-order valence-electron chi connectivity index (χ3n) is 3.10. The van der Waals surface area contributed by atoms with Gasteiger partial charge in [0.1, 0.15) is 0 Å². The molecular weight excluding hydrogens is 266 g/mol. The standard InChI is InChI=1S/C12H19N3O3S/c1-12(2)8-15(5-6-18-12)11-7-9(19(14,16)17)3-4-10(11)13/h3-4,7H,5-6,8,13H2,1-2H3,(H2,14,16,17). The number of benzene rings is 1. The summed E-state index contributed by atoms with van der Waals surface area (Å²) in [5, 5.41) is 5.15. The molecule has 0 aromatic heterocycles. The Kier molecular flexibility index (Phi) is 3.46. The molecule has 4 N–H and O–H groups in total. The Balaban J connectivity index is 2.39. The maximum atomic E-state index is 11.4. The summed E-state index contributed by atoms with van der Waals surface area (Å²) >= 11 is 0. The van der Waals surface area contributed by atoms with Gasteiger partial charge in [0.05, 0.1) is 28.5 Å². The zero-order valence-corrected chi connectivity index (χ0v) is 11.9. The molecule has 106 valence electrons. The van der Waals surface area contributed by atoms with Crippen LogP contribution in [-0.4, -0.2) is 33.7 Å². The van der Waals surface area contributed by atoms with Crippen LogP contribution in [0.4, 0.5) is 11.4 Å². The third kappa shape index (κ3) is 3.17. The topological polar surface area (TPSA) is 98.7 Å². The lowest BCUT2D eigenvalue weighted by Crippen LogP contribution is -2.48. The van der Waals surface area contributed by atoms with Gasteiger partial charge < -0.3 is 15.4 Å². The summed E-state index contributed by atoms with van der Waals surface area (Å²) in [5.74, 6) is 0. The fraction of sp³-hybridized carbons (Fsp3) is 0.500. The minimum atomic E-state index is -3.72. The van der Waals surface area contributed by atoms with Crippen molar-refractivity contribution in [3.63, 3.8) is 0 Å². The predicted molar refractivity (Wildman–Crippen MR) is 74.5 cm³/mol. The van der Waals surface area contributed by atoms with E-state index in [2.05, 4.69) is 0 Å². The summed E-state index contributed by atoms with van der Waals surface area (Å²) < 4.78 is 28.4. The van der Waals surface area contributed by atoms with Crippen LogP contribution in [0.25, 0.3) is 0 Å². The van der Waals surface area contributed by atoms with Crippen LogP contribution in [-0.2, 0) is 14.8 Å². The number of nitrogens with two attached hydrogens (primary N) is 2. The van der Waals surface area contributed by atoms with E-state index in [1.807, 2.05) is 18.7 Å². The number of primary sulfonamides is 1. The number of rotatable bonds is 2. The van der Waals surface area contributed by atoms with Crippen molar-refractivity contribution in [3.05, 3.63) is 18.2 Å². The lowest BCUT2D eigenvalue weighted by atomic mass is 10.1. The molecule has 1 saturated heterocycles. The zero-order valence-electron chi connectivity index (χ0n) is 11.1. The lowest BCUT2D eigenvalue weighted by molar-refractivity contribution is -0.0276. The minimum Gasteiger partial charge on any atom is -0.397 e. The fourth-order valence-electron chi connectivity index (χ4n) is 2.20. The first-order chi connectivity index (χ1) is 8.69. The van der Waals surface area contributed by atoms with Crippen LogP contribution in [0, 0.1) is 0 Å². The van der Waals surface area contributed by atoms with E-state index < -0.39 is 10.0 Å². The van der Waals surface area contributed by atoms with Gasteiger partial charge in [-0.05, 0) is 32.0 Å². The number of ether oxygens (including phenoxy) is 1. The highest BCUT2D eigenvalue weighted by Crippen LogP contribution is 2.29. The number of nitrogens with zero attached hydrogens (tertiary/aromatic N) is 1. The van der Waals surface area contributed by atoms with Gasteiger partial charge in [-0.3, -0.25) is 0 Å². The Morgan fingerprint density at radius 2 is 2.05 bits per heavy atom. The summed E-state index contributed by atoms with van der Waals surface area (Å²) in [6.07, 6.45) is 0. The fourth-order valence-corrected chi connectivity index (χ4v) is 2.73. The summed E-state index contributed by atoms with van der Waals surface area (Å²) in [5.41, 5.74) is 6.86. The maximum Gasteiger partial charge on any atom is 0.238 e. The summed E-state index contributed by atoms with van der Waals surface area (Å²) in [6, 6.07) is 4.50. The van der Waals surface area contributed by atoms with Gasteiger partial charge in [-0.1, -0.05) is 0 Å². The Morgan fingerprint density at radius 3 is 2.63 bits per heavy atom. The smallest absolute Gasteiger partial charge is 0.238 e. The normalized spacial score (nSPS) is 19.4. The quantitative estimate of drug-likeness (QED) is 0.772. The number of sulfonamides is 1. The van der Waals surface area contributed by atoms with Gasteiger partial charge in [0, 0.05) is 13.1 Å². The first-order valence-corrected chi connectivity index (χ1v) is 7.55. The second-order valence-corrected chi connectivity index (χ2v) is 6.86. The van der Waals surface area contributed by atoms with Gasteiger partial charge in [0.25, 0.3) is 0 Å². The van der Waals surface area contributed by atoms with Gasteiger partial charge in [0.2, 0.25) is 10.0 Å². The van der Waals surface area contributed by atoms with Gasteiger partial charge in [-0.2, -0.15) is 0 Å². The van der Waals surface area contributed by atoms with Crippen molar-refractivity contribution in [2.24, 2.45) is 5.14 Å². The van der Waals surface area contributed by atoms with Gasteiger partial charge in [-0.25, -0.2) is 13.6 Å². The molecule has 1 aliphatic rings. The van der Waals surface area contributed by atoms with Crippen molar-refractivity contribution in [1.82, 2.24) is 0 Å². The molecule has 0 aliphatic carbocycles. The largest absolute Gasteiger partial charge is 0.397 e. The van der Waals surface area contributed by atoms with Crippen LogP contribution < -0.4 is 15.8 Å². The molecule has 1 fully saturated rings. The summed E-state index contributed by atoms with van der Waals surface area (Å²) in [6.45, 7) is 5.86. The van der Waals surface area contributed by atoms with Crippen LogP contribution in [0.2, 0.25) is 0 Å². The van der Waals surface area contributed by atoms with Gasteiger partial charge in [-0.15, -0.1) is 0 Å². The van der Waals surface area contributed by atoms with E-state index in [0.717, 1.165) is 0 Å². The van der Waals surface area contributed by atoms with E-state index >= 15 is 0 Å². The van der Waals surface area contributed by atoms with E-state index in [1.165, 1.54) is 12.1 Å². The second-order valence-electron chi connectivity index (χ2n) is 5.30. The maximum absolute atomic E-state index is 11.4. The predicted octanol–water partition coefficient (Wildman–Crippen LogP) is 0.531. The highest BCUT2D eigenvalue weighted by atomic mass is 32.2. The molecule has 6 nitrogen and oxygen atoms in total. The van der Waals surface area contributed by atoms with Crippen molar-refractivity contribution in [3.8, 4) is 0 Å². The lowest BCUT2D eigenvalue weighted by Gasteiger charge is -2.40. The first kappa shape index (κ1) is 14.1. The number of morpholine rings is 1. The molecule has 2 rings (SSSR count). The van der Waals surface area contributed by atoms with Crippen molar-refractivity contribution in [1.29, 1.82) is 0 Å². The summed E-state index contributed by atoms with van der Waals surface area (Å²) in [7, 11) is -3.72. The molecule has 1 heterocycles. The van der Waals surface area contributed by atoms with E-state index in [-0.39, 0.29) is 10.5 Å². The molecule has 0 spiro atoms. The molecule has 0 bridgehead atoms. The highest BCUT2D eigenvalue weighted by molar-refractivity contribution is 7.89. The average molecular weight is 285 g/mol. The minimum absolute atomic E-state index is 0.0704. The molecule has 1 aliphatic heterocycles. The third-order valence-corrected chi connectivity index (χ3v) is 4.01. The van der Waals surface area contributed by atoms with Crippen LogP contribution in [0.1, 0.15) is 13.8 Å². The van der Waals surface area contributed by atoms with Crippen molar-refractivity contribution in [2.45, 2.75) is 24.3 Å². The molecule has 1 aromatic carbocycles. The molecule has 0 unspecified atom stereocenters. The first-order valence-electron chi connectivity index (χ1n) is 6.00. The van der Waals surface area contributed by atoms with E-state index in [4.69, 9.17) is 15.6 Å². The van der Waals surface area contributed by atoms with Gasteiger partial charge in [0.15, 0.2) is 0 Å². The van der Waals surface area contributed by atoms with Crippen LogP contribution in [0.5, 0.6) is 0 Å². The highest BCUT2D eigenvalue weighted by Gasteiger charge is 2.28. The Morgan fingerprint density at radius 1 is 1.37 bits per heavy atom. The monoisotopic (exact) mass is 285 g/mol. The number of anilines is 2. The SMILES string of the molecule is CC1(C)CN(c2cc(S(N)(=O)=O)ccc2N)CCO1. The zero-order chi connectivity index (χ0) is 14.3. The second kappa shape index (κ2) is 4.66. The van der Waals surface area contributed by atoms with Crippen LogP contribution in [0.3, 0.4) is 0 Å². The Labute approximate surface area is 113 Å². The van der Waals surface area contributed by atoms with E-state index in [1.54, 1.807) is 6.07 Å². The van der Waals surface area contributed by atoms with Crippen molar-refractivity contribution >= 4 is 21.4 Å². The molecule has 0 radical (unpaired) electrons. The van der Waals surface area contributed by atoms with Gasteiger partial charge >= 0.3 is 0 Å². The Bertz CT molecular complexity index is 584. The molecule has 19 heavy (non-hydrogen) atoms. The van der Waals surface area contributed by atoms with Crippen molar-refractivity contribution in [2.75, 3.05) is 30.3 Å². The van der Waals surface area contributed by atoms with E-state index in [9.17, 15) is 8.42 Å². The number of nitrogen functional groups attached to an aromatic ring is 1. The molecule has 7 heteroatoms. The molecule has 0 saturated carbocycles. The number of hydrogen-bond acceptors (Lipinski definition) is 5. The van der Waals surface area contributed by atoms with Crippen LogP contribution >= 0.6 is 0 Å². The van der Waals surface area contributed by atoms with Crippen LogP contribution in [0.15, 0.2) is 23.1 Å². The number of hydrogen-bond donors (Lipinski definition) is 2. The molecule has 0 amide bonds. The molecular formula is C12H19N3O3S. The molecule has 0 atom stereocenters.